The van der Waals surface area contributed by atoms with Crippen LogP contribution in [-0.4, -0.2) is 11.2 Å². The van der Waals surface area contributed by atoms with Crippen molar-refractivity contribution in [2.24, 2.45) is 5.10 Å². The molecule has 104 valence electrons. The lowest BCUT2D eigenvalue weighted by Gasteiger charge is -2.13. The molecule has 0 saturated heterocycles. The van der Waals surface area contributed by atoms with Crippen molar-refractivity contribution in [1.29, 1.82) is 0 Å². The number of hydrogen-bond acceptors (Lipinski definition) is 4. The molecule has 0 aliphatic heterocycles. The first-order chi connectivity index (χ1) is 9.55. The van der Waals surface area contributed by atoms with Crippen molar-refractivity contribution in [3.8, 4) is 0 Å². The average molecular weight is 285 g/mol. The Morgan fingerprint density at radius 3 is 2.60 bits per heavy atom. The minimum absolute atomic E-state index is 0.0767. The molecule has 1 aromatic heterocycles. The van der Waals surface area contributed by atoms with E-state index < -0.39 is 0 Å². The van der Waals surface area contributed by atoms with Gasteiger partial charge in [-0.1, -0.05) is 57.2 Å². The lowest BCUT2D eigenvalue weighted by molar-refractivity contribution is 0.573. The van der Waals surface area contributed by atoms with Gasteiger partial charge in [-0.05, 0) is 11.6 Å². The van der Waals surface area contributed by atoms with Crippen molar-refractivity contribution >= 4 is 28.8 Å². The Labute approximate surface area is 124 Å². The molecular formula is C16H19N3S. The van der Waals surface area contributed by atoms with E-state index in [1.54, 1.807) is 17.6 Å². The topological polar surface area (TPSA) is 37.3 Å². The van der Waals surface area contributed by atoms with Gasteiger partial charge in [0.1, 0.15) is 0 Å². The van der Waals surface area contributed by atoms with Crippen LogP contribution in [0, 0.1) is 0 Å². The average Bonchev–Trinajstić information content (AvgIpc) is 2.88. The molecule has 1 N–H and O–H groups in total. The van der Waals surface area contributed by atoms with Crippen LogP contribution in [0.3, 0.4) is 0 Å². The summed E-state index contributed by atoms with van der Waals surface area (Å²) in [5.74, 6) is 0. The monoisotopic (exact) mass is 285 g/mol. The number of nitrogens with one attached hydrogen (secondary N) is 1. The number of hydrogen-bond donors (Lipinski definition) is 1. The number of thiazole rings is 1. The van der Waals surface area contributed by atoms with Gasteiger partial charge in [-0.3, -0.25) is 5.43 Å². The summed E-state index contributed by atoms with van der Waals surface area (Å²) in [5.41, 5.74) is 5.26. The van der Waals surface area contributed by atoms with Crippen LogP contribution in [0.4, 0.5) is 5.13 Å². The van der Waals surface area contributed by atoms with Gasteiger partial charge in [0.25, 0.3) is 0 Å². The molecule has 0 spiro atoms. The molecule has 0 amide bonds. The van der Waals surface area contributed by atoms with E-state index in [-0.39, 0.29) is 5.41 Å². The van der Waals surface area contributed by atoms with Gasteiger partial charge in [-0.15, -0.1) is 11.3 Å². The lowest BCUT2D eigenvalue weighted by atomic mass is 9.93. The summed E-state index contributed by atoms with van der Waals surface area (Å²) in [6.45, 7) is 6.45. The summed E-state index contributed by atoms with van der Waals surface area (Å²) in [5, 5.41) is 7.02. The van der Waals surface area contributed by atoms with Crippen molar-refractivity contribution in [3.63, 3.8) is 0 Å². The number of anilines is 1. The van der Waals surface area contributed by atoms with Gasteiger partial charge >= 0.3 is 0 Å². The van der Waals surface area contributed by atoms with E-state index >= 15 is 0 Å². The Morgan fingerprint density at radius 2 is 1.95 bits per heavy atom. The van der Waals surface area contributed by atoms with Gasteiger partial charge in [0.2, 0.25) is 5.13 Å². The zero-order valence-electron chi connectivity index (χ0n) is 12.0. The van der Waals surface area contributed by atoms with Crippen molar-refractivity contribution in [3.05, 3.63) is 53.0 Å². The zero-order valence-corrected chi connectivity index (χ0v) is 12.8. The number of allylic oxidation sites excluding steroid dienone is 1. The second-order valence-corrected chi connectivity index (χ2v) is 6.31. The Balaban J connectivity index is 1.88. The molecule has 0 saturated carbocycles. The first-order valence-corrected chi connectivity index (χ1v) is 7.40. The molecule has 0 bridgehead atoms. The van der Waals surface area contributed by atoms with E-state index in [9.17, 15) is 0 Å². The molecule has 1 heterocycles. The molecule has 2 rings (SSSR count). The normalized spacial score (nSPS) is 12.3. The van der Waals surface area contributed by atoms with Gasteiger partial charge in [0, 0.05) is 17.0 Å². The quantitative estimate of drug-likeness (QED) is 0.661. The van der Waals surface area contributed by atoms with Crippen LogP contribution in [0.5, 0.6) is 0 Å². The Kier molecular flexibility index (Phi) is 4.69. The van der Waals surface area contributed by atoms with Crippen LogP contribution in [0.15, 0.2) is 46.9 Å². The maximum atomic E-state index is 4.51. The van der Waals surface area contributed by atoms with E-state index in [0.717, 1.165) is 16.4 Å². The highest BCUT2D eigenvalue weighted by atomic mass is 32.1. The first-order valence-electron chi connectivity index (χ1n) is 6.52. The van der Waals surface area contributed by atoms with Gasteiger partial charge in [0.05, 0.1) is 5.69 Å². The van der Waals surface area contributed by atoms with Gasteiger partial charge < -0.3 is 0 Å². The maximum absolute atomic E-state index is 4.51. The van der Waals surface area contributed by atoms with Gasteiger partial charge in [-0.2, -0.15) is 5.10 Å². The fraction of sp³-hybridized carbons (Fsp3) is 0.250. The predicted octanol–water partition coefficient (Wildman–Crippen LogP) is 4.55. The number of benzene rings is 1. The molecule has 0 atom stereocenters. The molecule has 3 nitrogen and oxygen atoms in total. The summed E-state index contributed by atoms with van der Waals surface area (Å²) < 4.78 is 0. The second-order valence-electron chi connectivity index (χ2n) is 5.45. The fourth-order valence-electron chi connectivity index (χ4n) is 1.52. The highest BCUT2D eigenvalue weighted by molar-refractivity contribution is 7.13. The third-order valence-electron chi connectivity index (χ3n) is 2.68. The van der Waals surface area contributed by atoms with Crippen LogP contribution in [0.25, 0.3) is 6.08 Å². The third kappa shape index (κ3) is 4.31. The Morgan fingerprint density at radius 1 is 1.20 bits per heavy atom. The summed E-state index contributed by atoms with van der Waals surface area (Å²) in [6, 6.07) is 10.1. The van der Waals surface area contributed by atoms with Crippen molar-refractivity contribution in [2.45, 2.75) is 26.2 Å². The minimum atomic E-state index is 0.0767. The Bertz CT molecular complexity index is 592. The molecule has 2 aromatic rings. The summed E-state index contributed by atoms with van der Waals surface area (Å²) >= 11 is 1.57. The van der Waals surface area contributed by atoms with Gasteiger partial charge in [-0.25, -0.2) is 4.98 Å². The zero-order chi connectivity index (χ0) is 14.4. The van der Waals surface area contributed by atoms with E-state index in [2.05, 4.69) is 41.7 Å². The summed E-state index contributed by atoms with van der Waals surface area (Å²) in [7, 11) is 0. The van der Waals surface area contributed by atoms with Crippen molar-refractivity contribution < 1.29 is 0 Å². The molecule has 0 unspecified atom stereocenters. The second kappa shape index (κ2) is 6.48. The van der Waals surface area contributed by atoms with E-state index in [4.69, 9.17) is 0 Å². The van der Waals surface area contributed by atoms with Crippen molar-refractivity contribution in [1.82, 2.24) is 4.98 Å². The van der Waals surface area contributed by atoms with E-state index in [1.807, 2.05) is 42.5 Å². The van der Waals surface area contributed by atoms with Crippen molar-refractivity contribution in [2.75, 3.05) is 5.43 Å². The molecular weight excluding hydrogens is 266 g/mol. The van der Waals surface area contributed by atoms with Crippen LogP contribution < -0.4 is 5.43 Å². The van der Waals surface area contributed by atoms with Crippen LogP contribution >= 0.6 is 11.3 Å². The highest BCUT2D eigenvalue weighted by Gasteiger charge is 2.16. The predicted molar refractivity (Wildman–Crippen MR) is 88.4 cm³/mol. The SMILES string of the molecule is CC(C)(C)c1csc(N/N=C/C=C/c2ccccc2)n1. The summed E-state index contributed by atoms with van der Waals surface area (Å²) in [4.78, 5) is 4.51. The smallest absolute Gasteiger partial charge is 0.203 e. The van der Waals surface area contributed by atoms with E-state index in [0.29, 0.717) is 0 Å². The number of hydrazone groups is 1. The lowest BCUT2D eigenvalue weighted by Crippen LogP contribution is -2.11. The first kappa shape index (κ1) is 14.5. The highest BCUT2D eigenvalue weighted by Crippen LogP contribution is 2.26. The van der Waals surface area contributed by atoms with Crippen LogP contribution in [0.2, 0.25) is 0 Å². The van der Waals surface area contributed by atoms with E-state index in [1.165, 1.54) is 0 Å². The molecule has 1 aromatic carbocycles. The molecule has 4 heteroatoms. The maximum Gasteiger partial charge on any atom is 0.203 e. The van der Waals surface area contributed by atoms with Crippen LogP contribution in [0.1, 0.15) is 32.0 Å². The van der Waals surface area contributed by atoms with Crippen LogP contribution in [-0.2, 0) is 5.41 Å². The number of aromatic nitrogens is 1. The fourth-order valence-corrected chi connectivity index (χ4v) is 2.41. The number of rotatable bonds is 4. The standard InChI is InChI=1S/C16H19N3S/c1-16(2,3)14-12-20-15(18-14)19-17-11-7-10-13-8-5-4-6-9-13/h4-12H,1-3H3,(H,18,19)/b10-7+,17-11+. The molecule has 0 aliphatic rings. The molecule has 0 aliphatic carbocycles. The molecule has 0 fully saturated rings. The Hall–Kier alpha value is -1.94. The summed E-state index contributed by atoms with van der Waals surface area (Å²) in [6.07, 6.45) is 5.64. The molecule has 20 heavy (non-hydrogen) atoms. The largest absolute Gasteiger partial charge is 0.253 e. The minimum Gasteiger partial charge on any atom is -0.253 e. The third-order valence-corrected chi connectivity index (χ3v) is 3.43. The molecule has 0 radical (unpaired) electrons. The van der Waals surface area contributed by atoms with Gasteiger partial charge in [0.15, 0.2) is 0 Å². The number of nitrogens with zero attached hydrogens (tertiary/aromatic N) is 2.